The maximum atomic E-state index is 12.0. The van der Waals surface area contributed by atoms with E-state index in [0.29, 0.717) is 23.7 Å². The van der Waals surface area contributed by atoms with Gasteiger partial charge in [0.25, 0.3) is 0 Å². The first-order valence-corrected chi connectivity index (χ1v) is 11.9. The number of esters is 1. The van der Waals surface area contributed by atoms with Gasteiger partial charge in [-0.25, -0.2) is 0 Å². The van der Waals surface area contributed by atoms with Gasteiger partial charge in [-0.3, -0.25) is 9.48 Å². The van der Waals surface area contributed by atoms with Gasteiger partial charge in [-0.1, -0.05) is 36.4 Å². The molecule has 0 N–H and O–H groups in total. The molecule has 0 saturated heterocycles. The fourth-order valence-electron chi connectivity index (χ4n) is 4.25. The van der Waals surface area contributed by atoms with Gasteiger partial charge in [-0.15, -0.1) is 0 Å². The maximum absolute atomic E-state index is 12.0. The summed E-state index contributed by atoms with van der Waals surface area (Å²) in [5.74, 6) is 0.875. The molecular weight excluding hydrogens is 454 g/mol. The average molecular weight is 484 g/mol. The minimum Gasteiger partial charge on any atom is -0.495 e. The van der Waals surface area contributed by atoms with Crippen molar-refractivity contribution >= 4 is 16.9 Å². The minimum absolute atomic E-state index is 0.143. The largest absolute Gasteiger partial charge is 0.495 e. The molecule has 0 amide bonds. The summed E-state index contributed by atoms with van der Waals surface area (Å²) in [5, 5.41) is 15.3. The molecule has 7 nitrogen and oxygen atoms in total. The second-order valence-corrected chi connectivity index (χ2v) is 8.59. The molecule has 3 aromatic carbocycles. The number of nitrogens with zero attached hydrogens (tertiary/aromatic N) is 3. The molecule has 4 rings (SSSR count). The van der Waals surface area contributed by atoms with E-state index >= 15 is 0 Å². The van der Waals surface area contributed by atoms with Gasteiger partial charge in [-0.05, 0) is 50.6 Å². The smallest absolute Gasteiger partial charge is 0.310 e. The van der Waals surface area contributed by atoms with Crippen LogP contribution < -0.4 is 9.47 Å². The number of rotatable bonds is 9. The normalized spacial score (nSPS) is 10.9. The van der Waals surface area contributed by atoms with E-state index in [1.165, 1.54) is 0 Å². The van der Waals surface area contributed by atoms with Gasteiger partial charge in [-0.2, -0.15) is 10.4 Å². The van der Waals surface area contributed by atoms with E-state index in [0.717, 1.165) is 33.3 Å². The molecule has 0 saturated carbocycles. The number of aromatic nitrogens is 2. The molecule has 1 aromatic heterocycles. The number of carbonyl (C=O) groups is 1. The summed E-state index contributed by atoms with van der Waals surface area (Å²) in [4.78, 5) is 12.0. The van der Waals surface area contributed by atoms with Crippen LogP contribution >= 0.6 is 0 Å². The zero-order chi connectivity index (χ0) is 25.7. The lowest BCUT2D eigenvalue weighted by Gasteiger charge is -2.12. The van der Waals surface area contributed by atoms with Crippen LogP contribution in [0.25, 0.3) is 22.0 Å². The number of para-hydroxylation sites is 2. The summed E-state index contributed by atoms with van der Waals surface area (Å²) in [6.07, 6.45) is 0.143. The SMILES string of the molecule is CCOC(=O)Cc1ccccc1OCc1nn(C(C)C)c2ccc(-c3cccc(C#N)c3OC)cc12. The van der Waals surface area contributed by atoms with Crippen molar-refractivity contribution in [2.45, 2.75) is 39.8 Å². The highest BCUT2D eigenvalue weighted by Gasteiger charge is 2.18. The van der Waals surface area contributed by atoms with Crippen molar-refractivity contribution in [2.75, 3.05) is 13.7 Å². The second kappa shape index (κ2) is 11.0. The average Bonchev–Trinajstić information content (AvgIpc) is 3.26. The Morgan fingerprint density at radius 1 is 1.11 bits per heavy atom. The highest BCUT2D eigenvalue weighted by molar-refractivity contribution is 5.89. The van der Waals surface area contributed by atoms with Gasteiger partial charge in [0, 0.05) is 22.6 Å². The summed E-state index contributed by atoms with van der Waals surface area (Å²) in [6, 6.07) is 21.5. The zero-order valence-corrected chi connectivity index (χ0v) is 20.9. The molecule has 0 unspecified atom stereocenters. The number of ether oxygens (including phenoxy) is 3. The lowest BCUT2D eigenvalue weighted by atomic mass is 9.99. The summed E-state index contributed by atoms with van der Waals surface area (Å²) in [5.41, 5.74) is 4.77. The Morgan fingerprint density at radius 2 is 1.92 bits per heavy atom. The molecule has 4 aromatic rings. The highest BCUT2D eigenvalue weighted by Crippen LogP contribution is 2.35. The zero-order valence-electron chi connectivity index (χ0n) is 20.9. The van der Waals surface area contributed by atoms with Crippen molar-refractivity contribution in [3.05, 3.63) is 77.5 Å². The van der Waals surface area contributed by atoms with Crippen LogP contribution in [0.1, 0.15) is 43.6 Å². The topological polar surface area (TPSA) is 86.4 Å². The van der Waals surface area contributed by atoms with Gasteiger partial charge in [0.05, 0.1) is 31.2 Å². The van der Waals surface area contributed by atoms with E-state index in [9.17, 15) is 10.1 Å². The van der Waals surface area contributed by atoms with Gasteiger partial charge < -0.3 is 14.2 Å². The van der Waals surface area contributed by atoms with Crippen molar-refractivity contribution in [2.24, 2.45) is 0 Å². The molecular formula is C29H29N3O4. The third kappa shape index (κ3) is 5.03. The van der Waals surface area contributed by atoms with Crippen molar-refractivity contribution < 1.29 is 19.0 Å². The van der Waals surface area contributed by atoms with E-state index in [4.69, 9.17) is 19.3 Å². The molecule has 0 atom stereocenters. The number of hydrogen-bond donors (Lipinski definition) is 0. The number of methoxy groups -OCH3 is 1. The lowest BCUT2D eigenvalue weighted by Crippen LogP contribution is -2.09. The first kappa shape index (κ1) is 24.8. The van der Waals surface area contributed by atoms with Gasteiger partial charge >= 0.3 is 5.97 Å². The molecule has 36 heavy (non-hydrogen) atoms. The third-order valence-electron chi connectivity index (χ3n) is 5.90. The van der Waals surface area contributed by atoms with Gasteiger partial charge in [0.2, 0.25) is 0 Å². The fraction of sp³-hybridized carbons (Fsp3) is 0.276. The molecule has 0 aliphatic rings. The summed E-state index contributed by atoms with van der Waals surface area (Å²) >= 11 is 0. The number of benzene rings is 3. The van der Waals surface area contributed by atoms with Crippen LogP contribution in [0, 0.1) is 11.3 Å². The quantitative estimate of drug-likeness (QED) is 0.278. The summed E-state index contributed by atoms with van der Waals surface area (Å²) in [6.45, 7) is 6.52. The maximum Gasteiger partial charge on any atom is 0.310 e. The first-order valence-electron chi connectivity index (χ1n) is 11.9. The van der Waals surface area contributed by atoms with Crippen molar-refractivity contribution in [3.8, 4) is 28.7 Å². The second-order valence-electron chi connectivity index (χ2n) is 8.59. The number of nitriles is 1. The van der Waals surface area contributed by atoms with Gasteiger partial charge in [0.15, 0.2) is 0 Å². The Hall–Kier alpha value is -4.31. The Morgan fingerprint density at radius 3 is 2.64 bits per heavy atom. The van der Waals surface area contributed by atoms with E-state index in [2.05, 4.69) is 26.0 Å². The molecule has 0 bridgehead atoms. The van der Waals surface area contributed by atoms with E-state index < -0.39 is 0 Å². The molecule has 0 aliphatic carbocycles. The van der Waals surface area contributed by atoms with Crippen molar-refractivity contribution in [1.29, 1.82) is 5.26 Å². The Bertz CT molecular complexity index is 1430. The van der Waals surface area contributed by atoms with Crippen molar-refractivity contribution in [1.82, 2.24) is 9.78 Å². The molecule has 0 spiro atoms. The number of fused-ring (bicyclic) bond motifs is 1. The van der Waals surface area contributed by atoms with Crippen molar-refractivity contribution in [3.63, 3.8) is 0 Å². The predicted octanol–water partition coefficient (Wildman–Crippen LogP) is 5.85. The molecule has 184 valence electrons. The number of hydrogen-bond acceptors (Lipinski definition) is 6. The summed E-state index contributed by atoms with van der Waals surface area (Å²) < 4.78 is 18.8. The van der Waals surface area contributed by atoms with Crippen LogP contribution in [0.5, 0.6) is 11.5 Å². The standard InChI is InChI=1S/C29H29N3O4/c1-5-35-28(33)16-21-9-6-7-12-27(21)36-18-25-24-15-20(13-14-26(24)32(31-25)19(2)3)23-11-8-10-22(17-30)29(23)34-4/h6-15,19H,5,16,18H2,1-4H3. The van der Waals surface area contributed by atoms with Gasteiger partial charge in [0.1, 0.15) is 29.9 Å². The Labute approximate surface area is 210 Å². The Balaban J connectivity index is 1.72. The molecule has 7 heteroatoms. The summed E-state index contributed by atoms with van der Waals surface area (Å²) in [7, 11) is 1.57. The fourth-order valence-corrected chi connectivity index (χ4v) is 4.25. The molecule has 0 radical (unpaired) electrons. The molecule has 1 heterocycles. The molecule has 0 aliphatic heterocycles. The van der Waals surface area contributed by atoms with Crippen LogP contribution in [0.15, 0.2) is 60.7 Å². The highest BCUT2D eigenvalue weighted by atomic mass is 16.5. The van der Waals surface area contributed by atoms with Crippen LogP contribution in [-0.2, 0) is 22.6 Å². The van der Waals surface area contributed by atoms with E-state index in [1.54, 1.807) is 20.1 Å². The molecule has 0 fully saturated rings. The van der Waals surface area contributed by atoms with Crippen LogP contribution in [0.2, 0.25) is 0 Å². The van der Waals surface area contributed by atoms with Crippen LogP contribution in [-0.4, -0.2) is 29.5 Å². The third-order valence-corrected chi connectivity index (χ3v) is 5.90. The number of carbonyl (C=O) groups excluding carboxylic acids is 1. The lowest BCUT2D eigenvalue weighted by molar-refractivity contribution is -0.142. The first-order chi connectivity index (χ1) is 17.5. The predicted molar refractivity (Wildman–Crippen MR) is 138 cm³/mol. The van der Waals surface area contributed by atoms with E-state index in [-0.39, 0.29) is 25.0 Å². The monoisotopic (exact) mass is 483 g/mol. The van der Waals surface area contributed by atoms with Crippen LogP contribution in [0.3, 0.4) is 0 Å². The Kier molecular flexibility index (Phi) is 7.55. The van der Waals surface area contributed by atoms with E-state index in [1.807, 2.05) is 53.2 Å². The minimum atomic E-state index is -0.290. The van der Waals surface area contributed by atoms with Crippen LogP contribution in [0.4, 0.5) is 0 Å².